The zero-order chi connectivity index (χ0) is 27.6. The van der Waals surface area contributed by atoms with Gasteiger partial charge in [0, 0.05) is 34.0 Å². The monoisotopic (exact) mass is 537 g/mol. The maximum absolute atomic E-state index is 6.75. The van der Waals surface area contributed by atoms with Crippen LogP contribution in [0, 0.1) is 0 Å². The highest BCUT2D eigenvalue weighted by atomic mass is 16.5. The number of ether oxygens (including phenoxy) is 2. The van der Waals surface area contributed by atoms with Crippen LogP contribution in [0.5, 0.6) is 23.0 Å². The summed E-state index contributed by atoms with van der Waals surface area (Å²) in [4.78, 5) is 2.27. The minimum atomic E-state index is -0.0193. The first kappa shape index (κ1) is 23.3. The lowest BCUT2D eigenvalue weighted by Gasteiger charge is -2.35. The van der Waals surface area contributed by atoms with Gasteiger partial charge in [-0.1, -0.05) is 97.1 Å². The van der Waals surface area contributed by atoms with Gasteiger partial charge in [-0.3, -0.25) is 0 Å². The summed E-state index contributed by atoms with van der Waals surface area (Å²) in [6.45, 7) is -0.0193. The van der Waals surface area contributed by atoms with Crippen LogP contribution in [-0.4, -0.2) is 6.71 Å². The Morgan fingerprint density at radius 3 is 1.67 bits per heavy atom. The van der Waals surface area contributed by atoms with Gasteiger partial charge in [-0.05, 0) is 69.5 Å². The minimum Gasteiger partial charge on any atom is -0.458 e. The maximum atomic E-state index is 6.75. The summed E-state index contributed by atoms with van der Waals surface area (Å²) < 4.78 is 13.4. The van der Waals surface area contributed by atoms with Crippen LogP contribution in [0.25, 0.3) is 21.5 Å². The lowest BCUT2D eigenvalue weighted by atomic mass is 9.34. The lowest BCUT2D eigenvalue weighted by Crippen LogP contribution is -2.57. The van der Waals surface area contributed by atoms with Crippen molar-refractivity contribution in [3.63, 3.8) is 0 Å². The summed E-state index contributed by atoms with van der Waals surface area (Å²) in [5.74, 6) is 3.50. The van der Waals surface area contributed by atoms with E-state index in [1.165, 1.54) is 21.6 Å². The quantitative estimate of drug-likeness (QED) is 0.168. The van der Waals surface area contributed by atoms with E-state index in [1.54, 1.807) is 0 Å². The highest BCUT2D eigenvalue weighted by Crippen LogP contribution is 2.42. The molecule has 0 aliphatic carbocycles. The van der Waals surface area contributed by atoms with E-state index in [4.69, 9.17) is 9.47 Å². The standard InChI is InChI=1S/C38H24BNO2/c1-3-12-25(13-4-1)40(26-14-5-2-6-15-26)27-22-23-32-35(24-27)41-33-20-11-21-34-37(33)39(32)36-30-18-9-7-16-28(30)29-17-8-10-19-31(29)38(36)42-34/h1-24H. The predicted octanol–water partition coefficient (Wildman–Crippen LogP) is 8.19. The van der Waals surface area contributed by atoms with Crippen molar-refractivity contribution in [3.05, 3.63) is 146 Å². The molecule has 0 atom stereocenters. The Morgan fingerprint density at radius 1 is 0.405 bits per heavy atom. The van der Waals surface area contributed by atoms with E-state index in [1.807, 2.05) is 18.2 Å². The normalized spacial score (nSPS) is 12.6. The van der Waals surface area contributed by atoms with E-state index in [-0.39, 0.29) is 6.71 Å². The van der Waals surface area contributed by atoms with Crippen molar-refractivity contribution in [3.8, 4) is 23.0 Å². The molecule has 0 aromatic heterocycles. The van der Waals surface area contributed by atoms with Crippen LogP contribution in [0.1, 0.15) is 0 Å². The van der Waals surface area contributed by atoms with Crippen molar-refractivity contribution in [2.24, 2.45) is 0 Å². The molecule has 2 heterocycles. The number of hydrogen-bond acceptors (Lipinski definition) is 3. The molecular weight excluding hydrogens is 513 g/mol. The van der Waals surface area contributed by atoms with Gasteiger partial charge in [-0.25, -0.2) is 0 Å². The number of fused-ring (bicyclic) bond motifs is 9. The van der Waals surface area contributed by atoms with Crippen molar-refractivity contribution in [1.82, 2.24) is 0 Å². The molecule has 4 heteroatoms. The lowest BCUT2D eigenvalue weighted by molar-refractivity contribution is 0.467. The van der Waals surface area contributed by atoms with Crippen LogP contribution >= 0.6 is 0 Å². The predicted molar refractivity (Wildman–Crippen MR) is 174 cm³/mol. The molecule has 0 fully saturated rings. The second-order valence-corrected chi connectivity index (χ2v) is 10.9. The van der Waals surface area contributed by atoms with Gasteiger partial charge in [0.25, 0.3) is 6.71 Å². The zero-order valence-electron chi connectivity index (χ0n) is 22.7. The summed E-state index contributed by atoms with van der Waals surface area (Å²) in [6, 6.07) is 51.0. The molecule has 2 aliphatic heterocycles. The molecule has 7 aromatic carbocycles. The van der Waals surface area contributed by atoms with Gasteiger partial charge in [0.15, 0.2) is 0 Å². The van der Waals surface area contributed by atoms with Crippen molar-refractivity contribution in [2.75, 3.05) is 4.90 Å². The third-order valence-corrected chi connectivity index (χ3v) is 8.55. The van der Waals surface area contributed by atoms with Gasteiger partial charge >= 0.3 is 0 Å². The van der Waals surface area contributed by atoms with Crippen LogP contribution < -0.4 is 30.8 Å². The van der Waals surface area contributed by atoms with E-state index in [2.05, 4.69) is 132 Å². The zero-order valence-corrected chi connectivity index (χ0v) is 22.7. The molecule has 0 saturated carbocycles. The summed E-state index contributed by atoms with van der Waals surface area (Å²) in [5.41, 5.74) is 6.66. The first-order chi connectivity index (χ1) is 20.8. The summed E-state index contributed by atoms with van der Waals surface area (Å²) in [5, 5.41) is 4.78. The average Bonchev–Trinajstić information content (AvgIpc) is 3.06. The number of benzene rings is 7. The molecule has 3 nitrogen and oxygen atoms in total. The second kappa shape index (κ2) is 9.02. The summed E-state index contributed by atoms with van der Waals surface area (Å²) in [7, 11) is 0. The third kappa shape index (κ3) is 3.36. The molecule has 7 aromatic rings. The number of rotatable bonds is 3. The minimum absolute atomic E-state index is 0.0193. The Bertz CT molecular complexity index is 2120. The molecular formula is C38H24BNO2. The molecule has 0 saturated heterocycles. The van der Waals surface area contributed by atoms with Crippen LogP contribution in [0.15, 0.2) is 146 Å². The largest absolute Gasteiger partial charge is 0.458 e. The Morgan fingerprint density at radius 2 is 0.976 bits per heavy atom. The fourth-order valence-corrected chi connectivity index (χ4v) is 6.79. The molecule has 0 unspecified atom stereocenters. The van der Waals surface area contributed by atoms with Gasteiger partial charge in [-0.15, -0.1) is 0 Å². The van der Waals surface area contributed by atoms with Crippen molar-refractivity contribution < 1.29 is 9.47 Å². The number of hydrogen-bond donors (Lipinski definition) is 0. The van der Waals surface area contributed by atoms with Gasteiger partial charge in [0.05, 0.1) is 0 Å². The molecule has 0 bridgehead atoms. The van der Waals surface area contributed by atoms with E-state index in [9.17, 15) is 0 Å². The van der Waals surface area contributed by atoms with Crippen LogP contribution in [0.4, 0.5) is 17.1 Å². The Balaban J connectivity index is 1.30. The molecule has 42 heavy (non-hydrogen) atoms. The van der Waals surface area contributed by atoms with Crippen LogP contribution in [0.2, 0.25) is 0 Å². The fourth-order valence-electron chi connectivity index (χ4n) is 6.79. The molecule has 0 radical (unpaired) electrons. The molecule has 0 spiro atoms. The maximum Gasteiger partial charge on any atom is 0.261 e. The number of nitrogens with zero attached hydrogens (tertiary/aromatic N) is 1. The first-order valence-corrected chi connectivity index (χ1v) is 14.3. The van der Waals surface area contributed by atoms with E-state index in [0.717, 1.165) is 56.4 Å². The Kier molecular flexibility index (Phi) is 4.99. The number of anilines is 3. The van der Waals surface area contributed by atoms with Crippen molar-refractivity contribution in [1.29, 1.82) is 0 Å². The molecule has 9 rings (SSSR count). The Hall–Kier alpha value is -5.48. The SMILES string of the molecule is c1ccc(N(c2ccccc2)c2ccc3c(c2)Oc2cccc4c2B3c2c(c3ccccc3c3ccccc23)O4)cc1. The van der Waals surface area contributed by atoms with Gasteiger partial charge in [0.2, 0.25) is 0 Å². The van der Waals surface area contributed by atoms with E-state index >= 15 is 0 Å². The second-order valence-electron chi connectivity index (χ2n) is 10.9. The van der Waals surface area contributed by atoms with E-state index in [0.29, 0.717) is 0 Å². The highest BCUT2D eigenvalue weighted by molar-refractivity contribution is 6.99. The van der Waals surface area contributed by atoms with E-state index < -0.39 is 0 Å². The Labute approximate surface area is 244 Å². The van der Waals surface area contributed by atoms with Crippen LogP contribution in [-0.2, 0) is 0 Å². The van der Waals surface area contributed by atoms with Gasteiger partial charge in [-0.2, -0.15) is 0 Å². The molecule has 0 amide bonds. The van der Waals surface area contributed by atoms with Gasteiger partial charge in [0.1, 0.15) is 23.0 Å². The van der Waals surface area contributed by atoms with Gasteiger partial charge < -0.3 is 14.4 Å². The smallest absolute Gasteiger partial charge is 0.261 e. The topological polar surface area (TPSA) is 21.7 Å². The summed E-state index contributed by atoms with van der Waals surface area (Å²) >= 11 is 0. The number of para-hydroxylation sites is 2. The van der Waals surface area contributed by atoms with Crippen molar-refractivity contribution >= 4 is 61.7 Å². The summed E-state index contributed by atoms with van der Waals surface area (Å²) in [6.07, 6.45) is 0. The highest BCUT2D eigenvalue weighted by Gasteiger charge is 2.42. The van der Waals surface area contributed by atoms with Crippen LogP contribution in [0.3, 0.4) is 0 Å². The van der Waals surface area contributed by atoms with Crippen molar-refractivity contribution in [2.45, 2.75) is 0 Å². The average molecular weight is 537 g/mol. The first-order valence-electron chi connectivity index (χ1n) is 14.3. The molecule has 2 aliphatic rings. The fraction of sp³-hybridized carbons (Fsp3) is 0. The molecule has 196 valence electrons. The molecule has 0 N–H and O–H groups in total. The third-order valence-electron chi connectivity index (χ3n) is 8.55.